The predicted molar refractivity (Wildman–Crippen MR) is 192 cm³/mol. The van der Waals surface area contributed by atoms with Crippen LogP contribution >= 0.6 is 0 Å². The molecule has 2 heteroatoms. The van der Waals surface area contributed by atoms with Crippen molar-refractivity contribution in [3.05, 3.63) is 117 Å². The van der Waals surface area contributed by atoms with Crippen molar-refractivity contribution in [3.63, 3.8) is 0 Å². The molecule has 0 heterocycles. The Hall–Kier alpha value is -3.31. The fraction of sp³-hybridized carbons (Fsp3) is 0.366. The van der Waals surface area contributed by atoms with Crippen LogP contribution in [-0.2, 0) is 0 Å². The number of fused-ring (bicyclic) bond motifs is 2. The molecule has 0 saturated carbocycles. The molecule has 0 amide bonds. The molecule has 5 aliphatic carbocycles. The molecule has 0 aliphatic heterocycles. The molecule has 0 N–H and O–H groups in total. The molecule has 218 valence electrons. The van der Waals surface area contributed by atoms with Gasteiger partial charge in [0.05, 0.1) is 5.41 Å². The predicted octanol–water partition coefficient (Wildman–Crippen LogP) is 8.73. The van der Waals surface area contributed by atoms with Gasteiger partial charge in [-0.05, 0) is 75.9 Å². The van der Waals surface area contributed by atoms with E-state index in [9.17, 15) is 0 Å². The third-order valence-electron chi connectivity index (χ3n) is 11.5. The Kier molecular flexibility index (Phi) is 8.06. The Labute approximate surface area is 262 Å². The number of hydrogen-bond acceptors (Lipinski definition) is 0. The highest BCUT2D eigenvalue weighted by atomic mass is 28.3. The van der Waals surface area contributed by atoms with E-state index in [0.717, 1.165) is 0 Å². The molecule has 0 saturated heterocycles. The van der Waals surface area contributed by atoms with Gasteiger partial charge >= 0.3 is 0 Å². The van der Waals surface area contributed by atoms with Crippen LogP contribution in [0.3, 0.4) is 0 Å². The average molecular weight is 595 g/mol. The van der Waals surface area contributed by atoms with Crippen LogP contribution in [0.25, 0.3) is 11.6 Å². The number of allylic oxidation sites excluding steroid dienone is 14. The van der Waals surface area contributed by atoms with Gasteiger partial charge in [0, 0.05) is 28.2 Å². The Balaban J connectivity index is 1.65. The van der Waals surface area contributed by atoms with E-state index in [1.54, 1.807) is 0 Å². The summed E-state index contributed by atoms with van der Waals surface area (Å²) in [6.45, 7) is 14.1. The third kappa shape index (κ3) is 4.66. The maximum Gasteiger partial charge on any atom is 0.138 e. The van der Waals surface area contributed by atoms with Gasteiger partial charge in [0.1, 0.15) is 16.1 Å². The van der Waals surface area contributed by atoms with E-state index in [4.69, 9.17) is 0 Å². The lowest BCUT2D eigenvalue weighted by Gasteiger charge is -2.50. The first-order valence-corrected chi connectivity index (χ1v) is 22.0. The van der Waals surface area contributed by atoms with Crippen LogP contribution in [0.4, 0.5) is 0 Å². The normalized spacial score (nSPS) is 24.3. The highest BCUT2D eigenvalue weighted by Crippen LogP contribution is 2.59. The summed E-state index contributed by atoms with van der Waals surface area (Å²) in [5.41, 5.74) is 15.7. The van der Waals surface area contributed by atoms with Crippen molar-refractivity contribution in [2.45, 2.75) is 77.8 Å². The quantitative estimate of drug-likeness (QED) is 0.176. The minimum atomic E-state index is -1.62. The van der Waals surface area contributed by atoms with Crippen LogP contribution in [0, 0.1) is 40.2 Å². The SMILES string of the molecule is CC[Si](C#CC1=CC=C2C=c3cccc(C#C[Si](CC)(CC)CC)c3=C3C=CC4=C5C=CC=CC5C=CC14C23)(CC)CC. The van der Waals surface area contributed by atoms with Gasteiger partial charge in [0.25, 0.3) is 0 Å². The van der Waals surface area contributed by atoms with Gasteiger partial charge in [0.15, 0.2) is 0 Å². The van der Waals surface area contributed by atoms with Crippen molar-refractivity contribution in [3.8, 4) is 22.9 Å². The summed E-state index contributed by atoms with van der Waals surface area (Å²) in [4.78, 5) is 0. The van der Waals surface area contributed by atoms with E-state index in [2.05, 4.69) is 150 Å². The van der Waals surface area contributed by atoms with E-state index in [1.807, 2.05) is 0 Å². The number of hydrogen-bond donors (Lipinski definition) is 0. The second kappa shape index (κ2) is 11.7. The van der Waals surface area contributed by atoms with E-state index in [-0.39, 0.29) is 11.3 Å². The van der Waals surface area contributed by atoms with E-state index in [0.29, 0.717) is 5.92 Å². The molecule has 3 atom stereocenters. The molecule has 3 unspecified atom stereocenters. The van der Waals surface area contributed by atoms with E-state index < -0.39 is 16.1 Å². The molecule has 1 spiro atoms. The summed E-state index contributed by atoms with van der Waals surface area (Å²) in [5.74, 6) is 8.23. The lowest BCUT2D eigenvalue weighted by molar-refractivity contribution is 0.456. The molecular weight excluding hydrogens is 549 g/mol. The van der Waals surface area contributed by atoms with Crippen molar-refractivity contribution < 1.29 is 0 Å². The molecule has 6 rings (SSSR count). The van der Waals surface area contributed by atoms with Gasteiger partial charge < -0.3 is 0 Å². The largest absolute Gasteiger partial charge is 0.138 e. The van der Waals surface area contributed by atoms with Crippen LogP contribution in [0.1, 0.15) is 47.1 Å². The molecular formula is C41H46Si2. The molecule has 1 aromatic carbocycles. The van der Waals surface area contributed by atoms with Crippen molar-refractivity contribution in [2.75, 3.05) is 0 Å². The zero-order chi connectivity index (χ0) is 30.2. The van der Waals surface area contributed by atoms with Crippen molar-refractivity contribution in [1.29, 1.82) is 0 Å². The van der Waals surface area contributed by atoms with Gasteiger partial charge in [-0.2, -0.15) is 0 Å². The number of benzene rings is 1. The van der Waals surface area contributed by atoms with Crippen LogP contribution in [0.5, 0.6) is 0 Å². The first kappa shape index (κ1) is 29.8. The third-order valence-corrected chi connectivity index (χ3v) is 20.9. The summed E-state index contributed by atoms with van der Waals surface area (Å²) in [7, 11) is -3.20. The van der Waals surface area contributed by atoms with E-state index >= 15 is 0 Å². The second-order valence-electron chi connectivity index (χ2n) is 12.9. The molecule has 0 bridgehead atoms. The first-order chi connectivity index (χ1) is 20.9. The van der Waals surface area contributed by atoms with Crippen molar-refractivity contribution >= 4 is 27.8 Å². The molecule has 0 fully saturated rings. The monoisotopic (exact) mass is 594 g/mol. The van der Waals surface area contributed by atoms with Crippen LogP contribution in [0.15, 0.2) is 101 Å². The lowest BCUT2D eigenvalue weighted by Crippen LogP contribution is -2.46. The minimum absolute atomic E-state index is 0.202. The summed E-state index contributed by atoms with van der Waals surface area (Å²) in [6.07, 6.45) is 26.1. The molecule has 0 aromatic heterocycles. The van der Waals surface area contributed by atoms with Gasteiger partial charge in [0.2, 0.25) is 0 Å². The van der Waals surface area contributed by atoms with E-state index in [1.165, 1.54) is 80.1 Å². The maximum atomic E-state index is 3.98. The van der Waals surface area contributed by atoms with Crippen LogP contribution in [-0.4, -0.2) is 16.1 Å². The van der Waals surface area contributed by atoms with Gasteiger partial charge in [-0.3, -0.25) is 0 Å². The second-order valence-corrected chi connectivity index (χ2v) is 22.8. The van der Waals surface area contributed by atoms with Gasteiger partial charge in [-0.15, -0.1) is 11.1 Å². The minimum Gasteiger partial charge on any atom is -0.126 e. The molecule has 5 aliphatic rings. The molecule has 0 nitrogen and oxygen atoms in total. The smallest absolute Gasteiger partial charge is 0.126 e. The zero-order valence-corrected chi connectivity index (χ0v) is 29.0. The fourth-order valence-corrected chi connectivity index (χ4v) is 12.9. The van der Waals surface area contributed by atoms with Gasteiger partial charge in [-0.1, -0.05) is 126 Å². The Morgan fingerprint density at radius 2 is 1.42 bits per heavy atom. The summed E-state index contributed by atoms with van der Waals surface area (Å²) in [5, 5.41) is 2.64. The van der Waals surface area contributed by atoms with Crippen molar-refractivity contribution in [1.82, 2.24) is 0 Å². The molecule has 43 heavy (non-hydrogen) atoms. The average Bonchev–Trinajstić information content (AvgIpc) is 3.06. The summed E-state index contributed by atoms with van der Waals surface area (Å²) >= 11 is 0. The Morgan fingerprint density at radius 3 is 2.12 bits per heavy atom. The topological polar surface area (TPSA) is 0 Å². The van der Waals surface area contributed by atoms with Crippen molar-refractivity contribution in [2.24, 2.45) is 17.3 Å². The fourth-order valence-electron chi connectivity index (χ4n) is 8.06. The lowest BCUT2D eigenvalue weighted by atomic mass is 9.52. The Bertz CT molecular complexity index is 1790. The Morgan fingerprint density at radius 1 is 0.721 bits per heavy atom. The zero-order valence-electron chi connectivity index (χ0n) is 27.0. The highest BCUT2D eigenvalue weighted by Gasteiger charge is 2.51. The van der Waals surface area contributed by atoms with Crippen LogP contribution < -0.4 is 10.4 Å². The molecule has 0 radical (unpaired) electrons. The maximum absolute atomic E-state index is 3.98. The van der Waals surface area contributed by atoms with Crippen LogP contribution in [0.2, 0.25) is 36.3 Å². The van der Waals surface area contributed by atoms with Gasteiger partial charge in [-0.25, -0.2) is 0 Å². The highest BCUT2D eigenvalue weighted by molar-refractivity contribution is 6.87. The standard InChI is InChI=1S/C41H46Si2/c1-7-42(8-2,9-3)28-25-32-17-15-18-33-30-34-20-21-35(26-29-43(10-4,11-5)12-6)41-27-24-31-16-13-14-19-36(31)38(41)23-22-37(39(32)33)40(34)41/h13-24,27,30-31,40H,7-12H2,1-6H3. The number of rotatable bonds is 6. The summed E-state index contributed by atoms with van der Waals surface area (Å²) < 4.78 is 0. The summed E-state index contributed by atoms with van der Waals surface area (Å²) in [6, 6.07) is 14.1. The first-order valence-electron chi connectivity index (χ1n) is 16.7. The molecule has 1 aromatic rings.